The van der Waals surface area contributed by atoms with Gasteiger partial charge >= 0.3 is 0 Å². The number of likely N-dealkylation sites (N-methyl/N-ethyl adjacent to an activating group) is 1. The van der Waals surface area contributed by atoms with E-state index in [4.69, 9.17) is 0 Å². The first-order valence-corrected chi connectivity index (χ1v) is 5.72. The van der Waals surface area contributed by atoms with Crippen LogP contribution in [0.2, 0.25) is 0 Å². The summed E-state index contributed by atoms with van der Waals surface area (Å²) in [5.41, 5.74) is 0.268. The van der Waals surface area contributed by atoms with Crippen LogP contribution in [0.3, 0.4) is 0 Å². The number of nitrogens with zero attached hydrogens (tertiary/aromatic N) is 5. The van der Waals surface area contributed by atoms with E-state index >= 15 is 0 Å². The van der Waals surface area contributed by atoms with Gasteiger partial charge in [-0.2, -0.15) is 0 Å². The van der Waals surface area contributed by atoms with Gasteiger partial charge in [0.2, 0.25) is 5.91 Å². The summed E-state index contributed by atoms with van der Waals surface area (Å²) in [6, 6.07) is 0. The molecule has 2 rings (SSSR count). The molecule has 0 aliphatic rings. The molecule has 0 aromatic carbocycles. The Kier molecular flexibility index (Phi) is 3.35. The number of carbonyl (C=O) groups is 1. The van der Waals surface area contributed by atoms with E-state index in [1.807, 2.05) is 13.8 Å². The summed E-state index contributed by atoms with van der Waals surface area (Å²) >= 11 is 0. The van der Waals surface area contributed by atoms with E-state index < -0.39 is 0 Å². The molecule has 0 radical (unpaired) electrons. The molecule has 0 saturated carbocycles. The van der Waals surface area contributed by atoms with Crippen molar-refractivity contribution in [3.8, 4) is 0 Å². The number of carbonyl (C=O) groups excluding carboxylic acids is 1. The first kappa shape index (κ1) is 12.2. The van der Waals surface area contributed by atoms with Crippen LogP contribution in [-0.2, 0) is 17.9 Å². The maximum absolute atomic E-state index is 12.0. The second-order valence-electron chi connectivity index (χ2n) is 3.71. The van der Waals surface area contributed by atoms with Gasteiger partial charge in [-0.25, -0.2) is 9.67 Å². The highest BCUT2D eigenvalue weighted by molar-refractivity contribution is 5.76. The number of rotatable bonds is 4. The third kappa shape index (κ3) is 2.08. The minimum atomic E-state index is -0.356. The molecule has 0 aliphatic carbocycles. The van der Waals surface area contributed by atoms with Crippen molar-refractivity contribution in [3.05, 3.63) is 16.7 Å². The Hall–Kier alpha value is -2.25. The lowest BCUT2D eigenvalue weighted by Gasteiger charge is -2.04. The molecule has 0 bridgehead atoms. The Morgan fingerprint density at radius 2 is 2.22 bits per heavy atom. The predicted octanol–water partition coefficient (Wildman–Crippen LogP) is -0.856. The molecule has 8 nitrogen and oxygen atoms in total. The van der Waals surface area contributed by atoms with E-state index in [2.05, 4.69) is 20.6 Å². The Balaban J connectivity index is 2.40. The van der Waals surface area contributed by atoms with Crippen molar-refractivity contribution in [1.29, 1.82) is 0 Å². The van der Waals surface area contributed by atoms with Crippen molar-refractivity contribution in [2.45, 2.75) is 26.9 Å². The first-order valence-electron chi connectivity index (χ1n) is 5.72. The zero-order chi connectivity index (χ0) is 13.1. The predicted molar refractivity (Wildman–Crippen MR) is 63.9 cm³/mol. The molecule has 0 saturated heterocycles. The van der Waals surface area contributed by atoms with Crippen LogP contribution in [0.5, 0.6) is 0 Å². The minimum absolute atomic E-state index is 0.0609. The number of hydrogen-bond donors (Lipinski definition) is 1. The molecule has 2 aromatic heterocycles. The van der Waals surface area contributed by atoms with Gasteiger partial charge in [0.15, 0.2) is 11.2 Å². The van der Waals surface area contributed by atoms with Gasteiger partial charge in [-0.3, -0.25) is 14.2 Å². The van der Waals surface area contributed by atoms with Crippen LogP contribution in [0.25, 0.3) is 11.2 Å². The number of amides is 1. The molecule has 2 aromatic rings. The summed E-state index contributed by atoms with van der Waals surface area (Å²) in [4.78, 5) is 27.6. The Morgan fingerprint density at radius 3 is 2.89 bits per heavy atom. The molecule has 1 N–H and O–H groups in total. The van der Waals surface area contributed by atoms with Gasteiger partial charge in [-0.15, -0.1) is 5.10 Å². The lowest BCUT2D eigenvalue weighted by Crippen LogP contribution is -2.32. The summed E-state index contributed by atoms with van der Waals surface area (Å²) in [5.74, 6) is -0.233. The molecule has 8 heteroatoms. The van der Waals surface area contributed by atoms with Crippen molar-refractivity contribution in [1.82, 2.24) is 29.9 Å². The quantitative estimate of drug-likeness (QED) is 0.762. The number of nitrogens with one attached hydrogen (secondary N) is 1. The van der Waals surface area contributed by atoms with Gasteiger partial charge in [0, 0.05) is 13.1 Å². The zero-order valence-electron chi connectivity index (χ0n) is 10.3. The largest absolute Gasteiger partial charge is 0.355 e. The molecular weight excluding hydrogens is 236 g/mol. The highest BCUT2D eigenvalue weighted by Gasteiger charge is 2.12. The third-order valence-electron chi connectivity index (χ3n) is 2.48. The van der Waals surface area contributed by atoms with Crippen LogP contribution in [-0.4, -0.2) is 37.0 Å². The van der Waals surface area contributed by atoms with Crippen LogP contribution in [0, 0.1) is 0 Å². The Morgan fingerprint density at radius 1 is 1.44 bits per heavy atom. The van der Waals surface area contributed by atoms with Crippen molar-refractivity contribution in [2.24, 2.45) is 0 Å². The maximum atomic E-state index is 12.0. The highest BCUT2D eigenvalue weighted by Crippen LogP contribution is 2.01. The molecular formula is C10H14N6O2. The summed E-state index contributed by atoms with van der Waals surface area (Å²) in [6.45, 7) is 4.75. The molecule has 2 heterocycles. The van der Waals surface area contributed by atoms with Gasteiger partial charge in [-0.1, -0.05) is 5.21 Å². The molecule has 0 fully saturated rings. The van der Waals surface area contributed by atoms with E-state index in [0.717, 1.165) is 0 Å². The number of hydrogen-bond acceptors (Lipinski definition) is 5. The molecule has 1 amide bonds. The van der Waals surface area contributed by atoms with Crippen LogP contribution in [0.1, 0.15) is 13.8 Å². The minimum Gasteiger partial charge on any atom is -0.355 e. The fourth-order valence-corrected chi connectivity index (χ4v) is 1.62. The van der Waals surface area contributed by atoms with E-state index in [9.17, 15) is 9.59 Å². The number of aryl methyl sites for hydroxylation is 1. The Bertz CT molecular complexity index is 629. The fraction of sp³-hybridized carbons (Fsp3) is 0.500. The van der Waals surface area contributed by atoms with E-state index in [-0.39, 0.29) is 23.5 Å². The molecule has 0 aliphatic heterocycles. The van der Waals surface area contributed by atoms with Gasteiger partial charge in [-0.05, 0) is 13.8 Å². The van der Waals surface area contributed by atoms with Gasteiger partial charge < -0.3 is 5.32 Å². The van der Waals surface area contributed by atoms with E-state index in [1.54, 1.807) is 0 Å². The van der Waals surface area contributed by atoms with Gasteiger partial charge in [0.25, 0.3) is 5.56 Å². The smallest absolute Gasteiger partial charge is 0.283 e. The summed E-state index contributed by atoms with van der Waals surface area (Å²) in [5, 5.41) is 10.2. The molecule has 0 unspecified atom stereocenters. The van der Waals surface area contributed by atoms with Crippen LogP contribution in [0.4, 0.5) is 0 Å². The lowest BCUT2D eigenvalue weighted by molar-refractivity contribution is -0.121. The van der Waals surface area contributed by atoms with Crippen molar-refractivity contribution in [2.75, 3.05) is 6.54 Å². The molecule has 0 spiro atoms. The second kappa shape index (κ2) is 4.94. The highest BCUT2D eigenvalue weighted by atomic mass is 16.2. The fourth-order valence-electron chi connectivity index (χ4n) is 1.62. The average molecular weight is 250 g/mol. The SMILES string of the molecule is CCNC(=O)Cn1cnc2c(nnn2CC)c1=O. The van der Waals surface area contributed by atoms with Crippen molar-refractivity contribution in [3.63, 3.8) is 0 Å². The standard InChI is InChI=1S/C10H14N6O2/c1-3-11-7(17)5-15-6-12-9-8(10(15)18)13-14-16(9)4-2/h6H,3-5H2,1-2H3,(H,11,17). The Labute approximate surface area is 103 Å². The summed E-state index contributed by atoms with van der Waals surface area (Å²) in [7, 11) is 0. The molecule has 96 valence electrons. The van der Waals surface area contributed by atoms with E-state index in [0.29, 0.717) is 18.7 Å². The monoisotopic (exact) mass is 250 g/mol. The average Bonchev–Trinajstić information content (AvgIpc) is 2.77. The van der Waals surface area contributed by atoms with Crippen molar-refractivity contribution >= 4 is 17.1 Å². The van der Waals surface area contributed by atoms with Crippen molar-refractivity contribution < 1.29 is 4.79 Å². The second-order valence-corrected chi connectivity index (χ2v) is 3.71. The summed E-state index contributed by atoms with van der Waals surface area (Å²) in [6.07, 6.45) is 1.34. The van der Waals surface area contributed by atoms with E-state index in [1.165, 1.54) is 15.6 Å². The third-order valence-corrected chi connectivity index (χ3v) is 2.48. The summed E-state index contributed by atoms with van der Waals surface area (Å²) < 4.78 is 2.76. The zero-order valence-corrected chi connectivity index (χ0v) is 10.3. The number of fused-ring (bicyclic) bond motifs is 1. The molecule has 0 atom stereocenters. The topological polar surface area (TPSA) is 94.7 Å². The normalized spacial score (nSPS) is 10.8. The first-order chi connectivity index (χ1) is 8.67. The molecule has 18 heavy (non-hydrogen) atoms. The maximum Gasteiger partial charge on any atom is 0.283 e. The van der Waals surface area contributed by atoms with Crippen LogP contribution < -0.4 is 10.9 Å². The van der Waals surface area contributed by atoms with Gasteiger partial charge in [0.05, 0.1) is 0 Å². The number of aromatic nitrogens is 5. The van der Waals surface area contributed by atoms with Crippen LogP contribution >= 0.6 is 0 Å². The van der Waals surface area contributed by atoms with Crippen LogP contribution in [0.15, 0.2) is 11.1 Å². The van der Waals surface area contributed by atoms with Gasteiger partial charge in [0.1, 0.15) is 12.9 Å². The lowest BCUT2D eigenvalue weighted by atomic mass is 10.5.